The summed E-state index contributed by atoms with van der Waals surface area (Å²) < 4.78 is 6.88. The first-order valence-electron chi connectivity index (χ1n) is 6.02. The van der Waals surface area contributed by atoms with Crippen LogP contribution in [0.2, 0.25) is 0 Å². The summed E-state index contributed by atoms with van der Waals surface area (Å²) in [6.07, 6.45) is 2.68. The second-order valence-corrected chi connectivity index (χ2v) is 6.35. The highest BCUT2D eigenvalue weighted by Gasteiger charge is 2.19. The summed E-state index contributed by atoms with van der Waals surface area (Å²) in [5.41, 5.74) is 1.18. The molecule has 0 amide bonds. The van der Waals surface area contributed by atoms with Gasteiger partial charge >= 0.3 is 0 Å². The zero-order valence-electron chi connectivity index (χ0n) is 10.3. The molecule has 2 rings (SSSR count). The molecule has 1 atom stereocenters. The predicted molar refractivity (Wildman–Crippen MR) is 78.8 cm³/mol. The maximum absolute atomic E-state index is 9.69. The van der Waals surface area contributed by atoms with E-state index in [4.69, 9.17) is 4.74 Å². The lowest BCUT2D eigenvalue weighted by Gasteiger charge is -2.31. The van der Waals surface area contributed by atoms with Crippen LogP contribution in [-0.4, -0.2) is 36.3 Å². The van der Waals surface area contributed by atoms with Crippen LogP contribution in [0.1, 0.15) is 18.4 Å². The van der Waals surface area contributed by atoms with Crippen molar-refractivity contribution in [1.29, 1.82) is 0 Å². The number of hydrogen-bond donors (Lipinski definition) is 1. The summed E-state index contributed by atoms with van der Waals surface area (Å²) in [5, 5.41) is 9.69. The van der Waals surface area contributed by atoms with Crippen LogP contribution in [0, 0.1) is 0 Å². The van der Waals surface area contributed by atoms with Crippen molar-refractivity contribution in [3.63, 3.8) is 0 Å². The number of halogens is 2. The van der Waals surface area contributed by atoms with E-state index in [1.54, 1.807) is 7.11 Å². The minimum absolute atomic E-state index is 0.257. The molecule has 1 N–H and O–H groups in total. The number of aromatic hydroxyl groups is 1. The Morgan fingerprint density at radius 2 is 2.06 bits per heavy atom. The van der Waals surface area contributed by atoms with Crippen LogP contribution in [0.3, 0.4) is 0 Å². The van der Waals surface area contributed by atoms with Crippen molar-refractivity contribution < 1.29 is 9.84 Å². The SMILES string of the molecule is COC1CCCN(Cc2cc(Br)c(O)c(Br)c2)C1. The quantitative estimate of drug-likeness (QED) is 0.873. The van der Waals surface area contributed by atoms with Gasteiger partial charge < -0.3 is 9.84 Å². The van der Waals surface area contributed by atoms with Gasteiger partial charge in [0.15, 0.2) is 0 Å². The number of methoxy groups -OCH3 is 1. The van der Waals surface area contributed by atoms with Crippen LogP contribution in [0.25, 0.3) is 0 Å². The fourth-order valence-corrected chi connectivity index (χ4v) is 3.60. The highest BCUT2D eigenvalue weighted by atomic mass is 79.9. The molecule has 0 saturated carbocycles. The summed E-state index contributed by atoms with van der Waals surface area (Å²) in [6.45, 7) is 2.97. The van der Waals surface area contributed by atoms with E-state index in [1.165, 1.54) is 12.0 Å². The van der Waals surface area contributed by atoms with Crippen LogP contribution in [0.5, 0.6) is 5.75 Å². The molecule has 5 heteroatoms. The minimum atomic E-state index is 0.257. The Morgan fingerprint density at radius 3 is 2.67 bits per heavy atom. The van der Waals surface area contributed by atoms with Gasteiger partial charge in [-0.05, 0) is 68.9 Å². The molecule has 1 unspecified atom stereocenters. The zero-order chi connectivity index (χ0) is 13.1. The highest BCUT2D eigenvalue weighted by molar-refractivity contribution is 9.11. The maximum Gasteiger partial charge on any atom is 0.143 e. The van der Waals surface area contributed by atoms with Crippen molar-refractivity contribution in [1.82, 2.24) is 4.90 Å². The maximum atomic E-state index is 9.69. The van der Waals surface area contributed by atoms with E-state index in [2.05, 4.69) is 36.8 Å². The number of likely N-dealkylation sites (tertiary alicyclic amines) is 1. The molecule has 1 heterocycles. The van der Waals surface area contributed by atoms with E-state index in [0.29, 0.717) is 6.10 Å². The number of phenolic OH excluding ortho intramolecular Hbond substituents is 1. The fraction of sp³-hybridized carbons (Fsp3) is 0.538. The molecule has 1 aromatic rings. The van der Waals surface area contributed by atoms with Gasteiger partial charge in [0.05, 0.1) is 15.0 Å². The predicted octanol–water partition coefficient (Wildman–Crippen LogP) is 3.53. The average molecular weight is 379 g/mol. The van der Waals surface area contributed by atoms with Crippen molar-refractivity contribution in [2.24, 2.45) is 0 Å². The van der Waals surface area contributed by atoms with E-state index in [1.807, 2.05) is 12.1 Å². The summed E-state index contributed by atoms with van der Waals surface area (Å²) in [7, 11) is 1.78. The first-order chi connectivity index (χ1) is 8.60. The molecule has 100 valence electrons. The molecule has 0 spiro atoms. The van der Waals surface area contributed by atoms with Gasteiger partial charge in [0, 0.05) is 20.2 Å². The Kier molecular flexibility index (Phi) is 5.06. The first kappa shape index (κ1) is 14.3. The van der Waals surface area contributed by atoms with Gasteiger partial charge in [0.2, 0.25) is 0 Å². The van der Waals surface area contributed by atoms with Crippen LogP contribution < -0.4 is 0 Å². The van der Waals surface area contributed by atoms with Gasteiger partial charge in [-0.15, -0.1) is 0 Å². The summed E-state index contributed by atoms with van der Waals surface area (Å²) in [4.78, 5) is 2.39. The molecule has 0 aromatic heterocycles. The smallest absolute Gasteiger partial charge is 0.143 e. The van der Waals surface area contributed by atoms with E-state index < -0.39 is 0 Å². The third kappa shape index (κ3) is 3.47. The topological polar surface area (TPSA) is 32.7 Å². The molecular formula is C13H17Br2NO2. The van der Waals surface area contributed by atoms with Gasteiger partial charge in [-0.1, -0.05) is 0 Å². The molecule has 1 aliphatic rings. The summed E-state index contributed by atoms with van der Waals surface area (Å²) >= 11 is 6.73. The van der Waals surface area contributed by atoms with Crippen molar-refractivity contribution in [2.45, 2.75) is 25.5 Å². The van der Waals surface area contributed by atoms with E-state index in [0.717, 1.165) is 35.0 Å². The normalized spacial score (nSPS) is 21.2. The Hall–Kier alpha value is -0.100. The number of hydrogen-bond acceptors (Lipinski definition) is 3. The number of phenols is 1. The lowest BCUT2D eigenvalue weighted by molar-refractivity contribution is 0.0285. The molecule has 0 aliphatic carbocycles. The molecular weight excluding hydrogens is 362 g/mol. The van der Waals surface area contributed by atoms with Crippen molar-refractivity contribution in [3.8, 4) is 5.75 Å². The molecule has 3 nitrogen and oxygen atoms in total. The van der Waals surface area contributed by atoms with Crippen LogP contribution in [0.4, 0.5) is 0 Å². The standard InChI is InChI=1S/C13H17Br2NO2/c1-18-10-3-2-4-16(8-10)7-9-5-11(14)13(17)12(15)6-9/h5-6,10,17H,2-4,7-8H2,1H3. The number of benzene rings is 1. The minimum Gasteiger partial charge on any atom is -0.506 e. The van der Waals surface area contributed by atoms with E-state index >= 15 is 0 Å². The molecule has 1 fully saturated rings. The molecule has 1 aromatic carbocycles. The Balaban J connectivity index is 2.05. The fourth-order valence-electron chi connectivity index (χ4n) is 2.32. The van der Waals surface area contributed by atoms with Crippen LogP contribution in [0.15, 0.2) is 21.1 Å². The number of rotatable bonds is 3. The highest BCUT2D eigenvalue weighted by Crippen LogP contribution is 2.33. The zero-order valence-corrected chi connectivity index (χ0v) is 13.5. The Bertz CT molecular complexity index is 402. The second-order valence-electron chi connectivity index (χ2n) is 4.64. The first-order valence-corrected chi connectivity index (χ1v) is 7.60. The number of nitrogens with zero attached hydrogens (tertiary/aromatic N) is 1. The lowest BCUT2D eigenvalue weighted by atomic mass is 10.1. The van der Waals surface area contributed by atoms with Crippen molar-refractivity contribution in [2.75, 3.05) is 20.2 Å². The Morgan fingerprint density at radius 1 is 1.39 bits per heavy atom. The van der Waals surface area contributed by atoms with E-state index in [-0.39, 0.29) is 5.75 Å². The molecule has 1 aliphatic heterocycles. The lowest BCUT2D eigenvalue weighted by Crippen LogP contribution is -2.38. The van der Waals surface area contributed by atoms with Crippen molar-refractivity contribution >= 4 is 31.9 Å². The van der Waals surface area contributed by atoms with E-state index in [9.17, 15) is 5.11 Å². The van der Waals surface area contributed by atoms with Gasteiger partial charge in [0.1, 0.15) is 5.75 Å². The van der Waals surface area contributed by atoms with Gasteiger partial charge in [-0.25, -0.2) is 0 Å². The monoisotopic (exact) mass is 377 g/mol. The third-order valence-corrected chi connectivity index (χ3v) is 4.49. The van der Waals surface area contributed by atoms with Crippen LogP contribution in [-0.2, 0) is 11.3 Å². The molecule has 0 bridgehead atoms. The number of ether oxygens (including phenoxy) is 1. The largest absolute Gasteiger partial charge is 0.506 e. The average Bonchev–Trinajstić information content (AvgIpc) is 2.36. The summed E-state index contributed by atoms with van der Waals surface area (Å²) in [5.74, 6) is 0.257. The van der Waals surface area contributed by atoms with Crippen LogP contribution >= 0.6 is 31.9 Å². The van der Waals surface area contributed by atoms with Crippen molar-refractivity contribution in [3.05, 3.63) is 26.6 Å². The summed E-state index contributed by atoms with van der Waals surface area (Å²) in [6, 6.07) is 3.94. The number of piperidine rings is 1. The molecule has 1 saturated heterocycles. The van der Waals surface area contributed by atoms with Gasteiger partial charge in [-0.3, -0.25) is 4.90 Å². The Labute approximate surface area is 124 Å². The van der Waals surface area contributed by atoms with Gasteiger partial charge in [0.25, 0.3) is 0 Å². The molecule has 0 radical (unpaired) electrons. The van der Waals surface area contributed by atoms with Gasteiger partial charge in [-0.2, -0.15) is 0 Å². The second kappa shape index (κ2) is 6.37. The third-order valence-electron chi connectivity index (χ3n) is 3.28. The molecule has 18 heavy (non-hydrogen) atoms.